The van der Waals surface area contributed by atoms with Gasteiger partial charge in [0.2, 0.25) is 5.95 Å². The molecule has 38 heavy (non-hydrogen) atoms. The number of aromatic nitrogens is 3. The summed E-state index contributed by atoms with van der Waals surface area (Å²) in [6.45, 7) is 4.34. The van der Waals surface area contributed by atoms with Gasteiger partial charge >= 0.3 is 0 Å². The fourth-order valence-electron chi connectivity index (χ4n) is 4.12. The average molecular weight is 533 g/mol. The van der Waals surface area contributed by atoms with Crippen LogP contribution in [0.3, 0.4) is 0 Å². The fraction of sp³-hybridized carbons (Fsp3) is 0.222. The molecule has 4 aromatic rings. The third-order valence-corrected chi connectivity index (χ3v) is 6.57. The van der Waals surface area contributed by atoms with Crippen molar-refractivity contribution in [3.8, 4) is 0 Å². The zero-order valence-electron chi connectivity index (χ0n) is 20.5. The molecule has 1 atom stereocenters. The summed E-state index contributed by atoms with van der Waals surface area (Å²) in [7, 11) is 0. The molecular weight excluding hydrogens is 508 g/mol. The molecular formula is C27H25ClN6O4. The van der Waals surface area contributed by atoms with E-state index in [2.05, 4.69) is 25.6 Å². The molecule has 1 saturated heterocycles. The SMILES string of the molecule is C[C@@H](NC(=O)c1ccc(Cl)c(NC(=O)c2cc3cnc(N4CCOCC4)nc3[nH]c2=O)c1)c1ccccc1. The van der Waals surface area contributed by atoms with E-state index in [1.165, 1.54) is 18.2 Å². The van der Waals surface area contributed by atoms with E-state index in [9.17, 15) is 14.4 Å². The van der Waals surface area contributed by atoms with Gasteiger partial charge in [-0.1, -0.05) is 41.9 Å². The van der Waals surface area contributed by atoms with Gasteiger partial charge in [-0.05, 0) is 36.8 Å². The van der Waals surface area contributed by atoms with Crippen LogP contribution in [-0.4, -0.2) is 53.1 Å². The summed E-state index contributed by atoms with van der Waals surface area (Å²) in [5, 5.41) is 6.29. The molecule has 0 aliphatic carbocycles. The molecule has 3 heterocycles. The molecule has 0 saturated carbocycles. The Bertz CT molecular complexity index is 1550. The molecule has 3 N–H and O–H groups in total. The summed E-state index contributed by atoms with van der Waals surface area (Å²) in [5.41, 5.74) is 1.05. The maximum Gasteiger partial charge on any atom is 0.262 e. The van der Waals surface area contributed by atoms with Crippen LogP contribution in [0.2, 0.25) is 5.02 Å². The van der Waals surface area contributed by atoms with Gasteiger partial charge in [0.25, 0.3) is 17.4 Å². The summed E-state index contributed by atoms with van der Waals surface area (Å²) in [6, 6.07) is 15.3. The van der Waals surface area contributed by atoms with Crippen LogP contribution >= 0.6 is 11.6 Å². The molecule has 11 heteroatoms. The Hall–Kier alpha value is -4.28. The number of morpholine rings is 1. The van der Waals surface area contributed by atoms with E-state index in [0.29, 0.717) is 48.8 Å². The molecule has 1 aliphatic heterocycles. The second-order valence-corrected chi connectivity index (χ2v) is 9.25. The average Bonchev–Trinajstić information content (AvgIpc) is 2.94. The van der Waals surface area contributed by atoms with Crippen molar-refractivity contribution in [3.05, 3.63) is 92.9 Å². The quantitative estimate of drug-likeness (QED) is 0.346. The van der Waals surface area contributed by atoms with E-state index in [-0.39, 0.29) is 28.2 Å². The predicted molar refractivity (Wildman–Crippen MR) is 145 cm³/mol. The number of anilines is 2. The first-order chi connectivity index (χ1) is 18.4. The Morgan fingerprint density at radius 2 is 1.84 bits per heavy atom. The molecule has 0 radical (unpaired) electrons. The number of H-pyrrole nitrogens is 1. The Balaban J connectivity index is 1.34. The highest BCUT2D eigenvalue weighted by Crippen LogP contribution is 2.24. The minimum atomic E-state index is -0.678. The second-order valence-electron chi connectivity index (χ2n) is 8.84. The number of benzene rings is 2. The largest absolute Gasteiger partial charge is 0.378 e. The van der Waals surface area contributed by atoms with E-state index in [1.807, 2.05) is 42.2 Å². The van der Waals surface area contributed by atoms with Gasteiger partial charge in [-0.2, -0.15) is 4.98 Å². The molecule has 10 nitrogen and oxygen atoms in total. The van der Waals surface area contributed by atoms with E-state index < -0.39 is 11.5 Å². The number of fused-ring (bicyclic) bond motifs is 1. The van der Waals surface area contributed by atoms with Gasteiger partial charge < -0.3 is 25.3 Å². The van der Waals surface area contributed by atoms with Crippen LogP contribution in [0.4, 0.5) is 11.6 Å². The highest BCUT2D eigenvalue weighted by molar-refractivity contribution is 6.34. The molecule has 0 spiro atoms. The Labute approximate surface area is 223 Å². The topological polar surface area (TPSA) is 129 Å². The molecule has 1 aliphatic rings. The van der Waals surface area contributed by atoms with Crippen molar-refractivity contribution in [2.24, 2.45) is 0 Å². The van der Waals surface area contributed by atoms with Gasteiger partial charge in [-0.25, -0.2) is 4.98 Å². The molecule has 2 aromatic carbocycles. The molecule has 0 unspecified atom stereocenters. The zero-order chi connectivity index (χ0) is 26.6. The highest BCUT2D eigenvalue weighted by Gasteiger charge is 2.19. The number of carbonyl (C=O) groups is 2. The standard InChI is InChI=1S/C27H25ClN6O4/c1-16(17-5-3-2-4-6-17)30-24(35)18-7-8-21(28)22(14-18)31-25(36)20-13-19-15-29-27(33-23(19)32-26(20)37)34-9-11-38-12-10-34/h2-8,13-16H,9-12H2,1H3,(H,30,35)(H,31,36)(H,29,32,33,37)/t16-/m1/s1. The summed E-state index contributed by atoms with van der Waals surface area (Å²) in [6.07, 6.45) is 1.56. The summed E-state index contributed by atoms with van der Waals surface area (Å²) in [5.74, 6) is -0.523. The third kappa shape index (κ3) is 5.51. The number of carbonyl (C=O) groups excluding carboxylic acids is 2. The number of ether oxygens (including phenoxy) is 1. The fourth-order valence-corrected chi connectivity index (χ4v) is 4.29. The van der Waals surface area contributed by atoms with E-state index in [1.54, 1.807) is 12.3 Å². The van der Waals surface area contributed by atoms with Gasteiger partial charge in [0, 0.05) is 30.2 Å². The number of hydrogen-bond acceptors (Lipinski definition) is 7. The maximum atomic E-state index is 13.0. The van der Waals surface area contributed by atoms with Crippen LogP contribution in [0.15, 0.2) is 65.6 Å². The molecule has 2 amide bonds. The van der Waals surface area contributed by atoms with E-state index in [0.717, 1.165) is 5.56 Å². The minimum absolute atomic E-state index is 0.135. The van der Waals surface area contributed by atoms with Gasteiger partial charge in [-0.3, -0.25) is 14.4 Å². The lowest BCUT2D eigenvalue weighted by atomic mass is 10.1. The van der Waals surface area contributed by atoms with Crippen LogP contribution in [0.5, 0.6) is 0 Å². The van der Waals surface area contributed by atoms with Crippen molar-refractivity contribution >= 4 is 46.1 Å². The van der Waals surface area contributed by atoms with E-state index >= 15 is 0 Å². The summed E-state index contributed by atoms with van der Waals surface area (Å²) in [4.78, 5) is 52.1. The first-order valence-corrected chi connectivity index (χ1v) is 12.5. The van der Waals surface area contributed by atoms with Crippen molar-refractivity contribution in [2.45, 2.75) is 13.0 Å². The second kappa shape index (κ2) is 11.0. The monoisotopic (exact) mass is 532 g/mol. The minimum Gasteiger partial charge on any atom is -0.378 e. The number of nitrogens with one attached hydrogen (secondary N) is 3. The van der Waals surface area contributed by atoms with Crippen LogP contribution in [0.25, 0.3) is 11.0 Å². The number of aromatic amines is 1. The summed E-state index contributed by atoms with van der Waals surface area (Å²) < 4.78 is 5.35. The van der Waals surface area contributed by atoms with Crippen LogP contribution in [0.1, 0.15) is 39.2 Å². The maximum absolute atomic E-state index is 13.0. The molecule has 194 valence electrons. The van der Waals surface area contributed by atoms with Crippen molar-refractivity contribution in [1.29, 1.82) is 0 Å². The highest BCUT2D eigenvalue weighted by atomic mass is 35.5. The summed E-state index contributed by atoms with van der Waals surface area (Å²) >= 11 is 6.29. The van der Waals surface area contributed by atoms with Crippen LogP contribution < -0.4 is 21.1 Å². The zero-order valence-corrected chi connectivity index (χ0v) is 21.3. The first-order valence-electron chi connectivity index (χ1n) is 12.1. The molecule has 0 bridgehead atoms. The van der Waals surface area contributed by atoms with E-state index in [4.69, 9.17) is 16.3 Å². The van der Waals surface area contributed by atoms with Crippen molar-refractivity contribution < 1.29 is 14.3 Å². The van der Waals surface area contributed by atoms with Gasteiger partial charge in [-0.15, -0.1) is 0 Å². The lowest BCUT2D eigenvalue weighted by Gasteiger charge is -2.26. The van der Waals surface area contributed by atoms with Crippen LogP contribution in [-0.2, 0) is 4.74 Å². The number of nitrogens with zero attached hydrogens (tertiary/aromatic N) is 3. The van der Waals surface area contributed by atoms with Gasteiger partial charge in [0.1, 0.15) is 11.2 Å². The lowest BCUT2D eigenvalue weighted by Crippen LogP contribution is -2.37. The van der Waals surface area contributed by atoms with Crippen molar-refractivity contribution in [3.63, 3.8) is 0 Å². The van der Waals surface area contributed by atoms with Crippen molar-refractivity contribution in [1.82, 2.24) is 20.3 Å². The number of amides is 2. The normalized spacial score (nSPS) is 14.2. The number of rotatable bonds is 6. The molecule has 5 rings (SSSR count). The number of halogens is 1. The number of pyridine rings is 1. The van der Waals surface area contributed by atoms with Crippen molar-refractivity contribution in [2.75, 3.05) is 36.5 Å². The van der Waals surface area contributed by atoms with Gasteiger partial charge in [0.05, 0.1) is 30.0 Å². The molecule has 1 fully saturated rings. The molecule has 2 aromatic heterocycles. The van der Waals surface area contributed by atoms with Gasteiger partial charge in [0.15, 0.2) is 0 Å². The third-order valence-electron chi connectivity index (χ3n) is 6.24. The Morgan fingerprint density at radius 1 is 1.08 bits per heavy atom. The first kappa shape index (κ1) is 25.4. The number of hydrogen-bond donors (Lipinski definition) is 3. The Kier molecular flexibility index (Phi) is 7.34. The predicted octanol–water partition coefficient (Wildman–Crippen LogP) is 3.55. The lowest BCUT2D eigenvalue weighted by molar-refractivity contribution is 0.0938. The Morgan fingerprint density at radius 3 is 2.61 bits per heavy atom. The smallest absolute Gasteiger partial charge is 0.262 e. The van der Waals surface area contributed by atoms with Crippen LogP contribution in [0, 0.1) is 0 Å².